The lowest BCUT2D eigenvalue weighted by atomic mass is 10.1. The average Bonchev–Trinajstić information content (AvgIpc) is 2.62. The molecule has 6 nitrogen and oxygen atoms in total. The number of nitrogens with one attached hydrogen (secondary N) is 2. The second-order valence-electron chi connectivity index (χ2n) is 5.20. The second kappa shape index (κ2) is 8.33. The Balaban J connectivity index is 1.97. The largest absolute Gasteiger partial charge is 0.496 e. The number of carbonyl (C=O) groups is 1. The smallest absolute Gasteiger partial charge is 0.255 e. The molecule has 134 valence electrons. The average molecular weight is 383 g/mol. The van der Waals surface area contributed by atoms with Crippen molar-refractivity contribution in [1.29, 1.82) is 0 Å². The maximum atomic E-state index is 12.3. The van der Waals surface area contributed by atoms with Gasteiger partial charge in [-0.15, -0.1) is 0 Å². The molecule has 0 aliphatic heterocycles. The number of hydrogen-bond acceptors (Lipinski definition) is 4. The highest BCUT2D eigenvalue weighted by molar-refractivity contribution is 7.89. The van der Waals surface area contributed by atoms with E-state index in [1.165, 1.54) is 26.3 Å². The number of carbonyl (C=O) groups excluding carboxylic acids is 1. The first kappa shape index (κ1) is 19.2. The van der Waals surface area contributed by atoms with E-state index in [9.17, 15) is 13.2 Å². The fourth-order valence-electron chi connectivity index (χ4n) is 2.23. The number of amides is 1. The molecule has 0 bridgehead atoms. The van der Waals surface area contributed by atoms with Crippen LogP contribution in [0.15, 0.2) is 47.4 Å². The molecule has 0 aromatic heterocycles. The van der Waals surface area contributed by atoms with Gasteiger partial charge in [0.1, 0.15) is 5.75 Å². The highest BCUT2D eigenvalue weighted by Crippen LogP contribution is 2.22. The Hall–Kier alpha value is -2.09. The zero-order valence-corrected chi connectivity index (χ0v) is 15.4. The van der Waals surface area contributed by atoms with Crippen LogP contribution in [-0.4, -0.2) is 35.0 Å². The maximum absolute atomic E-state index is 12.3. The zero-order valence-electron chi connectivity index (χ0n) is 13.9. The van der Waals surface area contributed by atoms with Crippen molar-refractivity contribution in [2.75, 3.05) is 20.7 Å². The van der Waals surface area contributed by atoms with Gasteiger partial charge in [0.2, 0.25) is 10.0 Å². The molecule has 0 aliphatic carbocycles. The lowest BCUT2D eigenvalue weighted by Gasteiger charge is -2.10. The summed E-state index contributed by atoms with van der Waals surface area (Å²) in [4.78, 5) is 12.5. The van der Waals surface area contributed by atoms with E-state index in [1.807, 2.05) is 0 Å². The van der Waals surface area contributed by atoms with Crippen LogP contribution in [0, 0.1) is 0 Å². The molecule has 1 amide bonds. The molecule has 2 aromatic carbocycles. The first-order valence-electron chi connectivity index (χ1n) is 7.51. The van der Waals surface area contributed by atoms with Gasteiger partial charge >= 0.3 is 0 Å². The molecule has 0 saturated carbocycles. The molecule has 0 radical (unpaired) electrons. The molecule has 0 aliphatic rings. The van der Waals surface area contributed by atoms with Gasteiger partial charge in [-0.1, -0.05) is 23.7 Å². The van der Waals surface area contributed by atoms with E-state index < -0.39 is 10.0 Å². The van der Waals surface area contributed by atoms with E-state index in [0.717, 1.165) is 5.56 Å². The van der Waals surface area contributed by atoms with Gasteiger partial charge in [-0.25, -0.2) is 13.1 Å². The molecule has 0 unspecified atom stereocenters. The summed E-state index contributed by atoms with van der Waals surface area (Å²) in [5.74, 6) is 0.164. The molecule has 0 spiro atoms. The highest BCUT2D eigenvalue weighted by Gasteiger charge is 2.13. The third-order valence-electron chi connectivity index (χ3n) is 3.61. The molecule has 0 fully saturated rings. The summed E-state index contributed by atoms with van der Waals surface area (Å²) in [5, 5.41) is 3.25. The predicted molar refractivity (Wildman–Crippen MR) is 96.7 cm³/mol. The van der Waals surface area contributed by atoms with Crippen LogP contribution in [0.25, 0.3) is 0 Å². The Labute approximate surface area is 152 Å². The lowest BCUT2D eigenvalue weighted by molar-refractivity contribution is 0.0951. The summed E-state index contributed by atoms with van der Waals surface area (Å²) in [7, 11) is -0.592. The summed E-state index contributed by atoms with van der Waals surface area (Å²) >= 11 is 5.92. The number of sulfonamides is 1. The SMILES string of the molecule is CNS(=O)(=O)c1ccc(CCNC(=O)c2cc(Cl)ccc2OC)cc1. The normalized spacial score (nSPS) is 11.2. The van der Waals surface area contributed by atoms with Crippen LogP contribution >= 0.6 is 11.6 Å². The summed E-state index contributed by atoms with van der Waals surface area (Å²) in [6.07, 6.45) is 0.564. The minimum absolute atomic E-state index is 0.200. The molecule has 0 heterocycles. The van der Waals surface area contributed by atoms with Crippen LogP contribution in [0.4, 0.5) is 0 Å². The number of halogens is 1. The molecule has 0 saturated heterocycles. The van der Waals surface area contributed by atoms with Crippen LogP contribution in [0.3, 0.4) is 0 Å². The van der Waals surface area contributed by atoms with Crippen molar-refractivity contribution in [1.82, 2.24) is 10.0 Å². The second-order valence-corrected chi connectivity index (χ2v) is 7.52. The predicted octanol–water partition coefficient (Wildman–Crippen LogP) is 2.23. The van der Waals surface area contributed by atoms with E-state index in [2.05, 4.69) is 10.0 Å². The van der Waals surface area contributed by atoms with Gasteiger partial charge in [0, 0.05) is 11.6 Å². The molecule has 2 aromatic rings. The van der Waals surface area contributed by atoms with Crippen LogP contribution < -0.4 is 14.8 Å². The number of rotatable bonds is 7. The van der Waals surface area contributed by atoms with E-state index in [1.54, 1.807) is 30.3 Å². The minimum Gasteiger partial charge on any atom is -0.496 e. The highest BCUT2D eigenvalue weighted by atomic mass is 35.5. The Morgan fingerprint density at radius 3 is 2.44 bits per heavy atom. The van der Waals surface area contributed by atoms with Crippen LogP contribution in [0.5, 0.6) is 5.75 Å². The van der Waals surface area contributed by atoms with Gasteiger partial charge < -0.3 is 10.1 Å². The van der Waals surface area contributed by atoms with Crippen LogP contribution in [-0.2, 0) is 16.4 Å². The van der Waals surface area contributed by atoms with Gasteiger partial charge in [-0.3, -0.25) is 4.79 Å². The standard InChI is InChI=1S/C17H19ClN2O4S/c1-19-25(22,23)14-6-3-12(4-7-14)9-10-20-17(21)15-11-13(18)5-8-16(15)24-2/h3-8,11,19H,9-10H2,1-2H3,(H,20,21). The Morgan fingerprint density at radius 1 is 1.16 bits per heavy atom. The van der Waals surface area contributed by atoms with E-state index in [-0.39, 0.29) is 10.8 Å². The molecule has 0 atom stereocenters. The Bertz CT molecular complexity index is 851. The topological polar surface area (TPSA) is 84.5 Å². The lowest BCUT2D eigenvalue weighted by Crippen LogP contribution is -2.26. The van der Waals surface area contributed by atoms with E-state index in [4.69, 9.17) is 16.3 Å². The molecule has 25 heavy (non-hydrogen) atoms. The van der Waals surface area contributed by atoms with Crippen molar-refractivity contribution in [3.63, 3.8) is 0 Å². The number of methoxy groups -OCH3 is 1. The third kappa shape index (κ3) is 4.94. The van der Waals surface area contributed by atoms with Gasteiger partial charge in [0.05, 0.1) is 17.6 Å². The minimum atomic E-state index is -3.44. The van der Waals surface area contributed by atoms with Gasteiger partial charge in [-0.05, 0) is 49.4 Å². The zero-order chi connectivity index (χ0) is 18.4. The van der Waals surface area contributed by atoms with Crippen LogP contribution in [0.1, 0.15) is 15.9 Å². The van der Waals surface area contributed by atoms with Crippen LogP contribution in [0.2, 0.25) is 5.02 Å². The molecule has 2 rings (SSSR count). The summed E-state index contributed by atoms with van der Waals surface area (Å²) in [5.41, 5.74) is 1.28. The summed E-state index contributed by atoms with van der Waals surface area (Å²) in [6.45, 7) is 0.395. The third-order valence-corrected chi connectivity index (χ3v) is 5.27. The first-order chi connectivity index (χ1) is 11.9. The van der Waals surface area contributed by atoms with Crippen molar-refractivity contribution in [3.05, 3.63) is 58.6 Å². The van der Waals surface area contributed by atoms with Gasteiger partial charge in [0.15, 0.2) is 0 Å². The molecular formula is C17H19ClN2O4S. The van der Waals surface area contributed by atoms with Crippen molar-refractivity contribution in [2.45, 2.75) is 11.3 Å². The molecule has 2 N–H and O–H groups in total. The van der Waals surface area contributed by atoms with Crippen molar-refractivity contribution < 1.29 is 17.9 Å². The van der Waals surface area contributed by atoms with E-state index >= 15 is 0 Å². The van der Waals surface area contributed by atoms with Crippen molar-refractivity contribution in [3.8, 4) is 5.75 Å². The number of ether oxygens (including phenoxy) is 1. The summed E-state index contributed by atoms with van der Waals surface area (Å²) < 4.78 is 30.8. The monoisotopic (exact) mass is 382 g/mol. The number of hydrogen-bond donors (Lipinski definition) is 2. The molecule has 8 heteroatoms. The van der Waals surface area contributed by atoms with Gasteiger partial charge in [0.25, 0.3) is 5.91 Å². The Morgan fingerprint density at radius 2 is 1.84 bits per heavy atom. The number of benzene rings is 2. The maximum Gasteiger partial charge on any atom is 0.255 e. The first-order valence-corrected chi connectivity index (χ1v) is 9.37. The van der Waals surface area contributed by atoms with Crippen molar-refractivity contribution >= 4 is 27.5 Å². The van der Waals surface area contributed by atoms with Crippen molar-refractivity contribution in [2.24, 2.45) is 0 Å². The van der Waals surface area contributed by atoms with Gasteiger partial charge in [-0.2, -0.15) is 0 Å². The fraction of sp³-hybridized carbons (Fsp3) is 0.235. The molecular weight excluding hydrogens is 364 g/mol. The summed E-state index contributed by atoms with van der Waals surface area (Å²) in [6, 6.07) is 11.3. The quantitative estimate of drug-likeness (QED) is 0.769. The van der Waals surface area contributed by atoms with E-state index in [0.29, 0.717) is 29.3 Å². The fourth-order valence-corrected chi connectivity index (χ4v) is 3.13. The Kier molecular flexibility index (Phi) is 6.41.